The van der Waals surface area contributed by atoms with Crippen LogP contribution in [-0.2, 0) is 9.47 Å². The van der Waals surface area contributed by atoms with E-state index in [9.17, 15) is 0 Å². The summed E-state index contributed by atoms with van der Waals surface area (Å²) in [4.78, 5) is 0. The summed E-state index contributed by atoms with van der Waals surface area (Å²) in [5.74, 6) is 1.39. The molecule has 0 heterocycles. The maximum Gasteiger partial charge on any atom is 0.197 e. The molecule has 0 aliphatic heterocycles. The van der Waals surface area contributed by atoms with Crippen molar-refractivity contribution in [3.8, 4) is 5.75 Å². The van der Waals surface area contributed by atoms with E-state index >= 15 is 0 Å². The van der Waals surface area contributed by atoms with Crippen LogP contribution < -0.4 is 4.74 Å². The number of hydrogen-bond donors (Lipinski definition) is 0. The molecule has 33 heavy (non-hydrogen) atoms. The van der Waals surface area contributed by atoms with Crippen LogP contribution in [0.5, 0.6) is 5.75 Å². The van der Waals surface area contributed by atoms with Gasteiger partial charge in [0.15, 0.2) is 6.29 Å². The molecule has 4 rings (SSSR count). The summed E-state index contributed by atoms with van der Waals surface area (Å²) in [6, 6.07) is 27.6. The Labute approximate surface area is 197 Å². The van der Waals surface area contributed by atoms with Gasteiger partial charge in [-0.15, -0.1) is 0 Å². The van der Waals surface area contributed by atoms with Gasteiger partial charge in [-0.25, -0.2) is 0 Å². The van der Waals surface area contributed by atoms with Crippen LogP contribution >= 0.6 is 0 Å². The first kappa shape index (κ1) is 23.3. The average Bonchev–Trinajstić information content (AvgIpc) is 2.85. The third-order valence-electron chi connectivity index (χ3n) is 6.39. The molecule has 0 aromatic heterocycles. The highest BCUT2D eigenvalue weighted by atomic mass is 16.7. The predicted molar refractivity (Wildman–Crippen MR) is 137 cm³/mol. The summed E-state index contributed by atoms with van der Waals surface area (Å²) in [5.41, 5.74) is 2.57. The Morgan fingerprint density at radius 3 is 1.88 bits per heavy atom. The zero-order valence-electron chi connectivity index (χ0n) is 20.1. The summed E-state index contributed by atoms with van der Waals surface area (Å²) in [7, 11) is 0. The van der Waals surface area contributed by atoms with Crippen molar-refractivity contribution in [2.45, 2.75) is 52.4 Å². The largest absolute Gasteiger partial charge is 0.465 e. The number of ether oxygens (including phenoxy) is 3. The molecule has 0 bridgehead atoms. The molecule has 3 heteroatoms. The first-order chi connectivity index (χ1) is 16.1. The highest BCUT2D eigenvalue weighted by Gasteiger charge is 2.15. The van der Waals surface area contributed by atoms with Gasteiger partial charge in [0.2, 0.25) is 0 Å². The van der Waals surface area contributed by atoms with E-state index in [0.29, 0.717) is 19.1 Å². The molecule has 0 aliphatic rings. The van der Waals surface area contributed by atoms with Gasteiger partial charge in [0.05, 0.1) is 19.3 Å². The first-order valence-corrected chi connectivity index (χ1v) is 12.0. The fourth-order valence-corrected chi connectivity index (χ4v) is 4.35. The monoisotopic (exact) mass is 442 g/mol. The van der Waals surface area contributed by atoms with Crippen molar-refractivity contribution in [3.63, 3.8) is 0 Å². The lowest BCUT2D eigenvalue weighted by atomic mass is 9.94. The van der Waals surface area contributed by atoms with Crippen molar-refractivity contribution in [1.82, 2.24) is 0 Å². The quantitative estimate of drug-likeness (QED) is 0.141. The maximum atomic E-state index is 6.22. The van der Waals surface area contributed by atoms with Crippen LogP contribution in [-0.4, -0.2) is 19.5 Å². The zero-order valence-corrected chi connectivity index (χ0v) is 20.1. The number of rotatable bonds is 10. The van der Waals surface area contributed by atoms with Crippen molar-refractivity contribution in [3.05, 3.63) is 90.0 Å². The molecule has 4 aromatic rings. The lowest BCUT2D eigenvalue weighted by Gasteiger charge is -2.20. The second kappa shape index (κ2) is 10.8. The maximum absolute atomic E-state index is 6.22. The summed E-state index contributed by atoms with van der Waals surface area (Å²) < 4.78 is 18.0. The van der Waals surface area contributed by atoms with Crippen LogP contribution in [0.2, 0.25) is 0 Å². The molecule has 4 aromatic carbocycles. The lowest BCUT2D eigenvalue weighted by Crippen LogP contribution is -2.19. The molecule has 0 N–H and O–H groups in total. The smallest absolute Gasteiger partial charge is 0.197 e. The van der Waals surface area contributed by atoms with Gasteiger partial charge in [-0.05, 0) is 77.1 Å². The van der Waals surface area contributed by atoms with E-state index < -0.39 is 0 Å². The fraction of sp³-hybridized carbons (Fsp3) is 0.333. The molecule has 0 aliphatic carbocycles. The Hall–Kier alpha value is -2.88. The van der Waals surface area contributed by atoms with E-state index in [2.05, 4.69) is 87.5 Å². The average molecular weight is 443 g/mol. The molecule has 3 atom stereocenters. The Morgan fingerprint density at radius 2 is 1.27 bits per heavy atom. The normalized spacial score (nSPS) is 14.3. The molecule has 0 radical (unpaired) electrons. The van der Waals surface area contributed by atoms with Crippen molar-refractivity contribution >= 4 is 21.5 Å². The van der Waals surface area contributed by atoms with E-state index in [-0.39, 0.29) is 12.4 Å². The van der Waals surface area contributed by atoms with E-state index in [1.54, 1.807) is 0 Å². The van der Waals surface area contributed by atoms with Crippen molar-refractivity contribution in [2.75, 3.05) is 13.2 Å². The molecule has 0 saturated carbocycles. The van der Waals surface area contributed by atoms with Crippen molar-refractivity contribution < 1.29 is 14.2 Å². The summed E-state index contributed by atoms with van der Waals surface area (Å²) in [5, 5.41) is 4.95. The molecular formula is C30H34O3. The van der Waals surface area contributed by atoms with Gasteiger partial charge in [-0.3, -0.25) is 0 Å². The molecule has 3 unspecified atom stereocenters. The van der Waals surface area contributed by atoms with Gasteiger partial charge in [0.1, 0.15) is 5.75 Å². The molecule has 0 saturated heterocycles. The SMILES string of the molecule is CCC(C)c1ccc(OC(C)OCCOC(C)c2c3ccccc3cc3ccccc23)cc1. The predicted octanol–water partition coefficient (Wildman–Crippen LogP) is 8.03. The van der Waals surface area contributed by atoms with Crippen LogP contribution in [0.4, 0.5) is 0 Å². The lowest BCUT2D eigenvalue weighted by molar-refractivity contribution is -0.0901. The molecule has 0 amide bonds. The summed E-state index contributed by atoms with van der Waals surface area (Å²) in [6.07, 6.45) is 0.748. The Kier molecular flexibility index (Phi) is 7.64. The second-order valence-corrected chi connectivity index (χ2v) is 8.68. The van der Waals surface area contributed by atoms with Crippen LogP contribution in [0.3, 0.4) is 0 Å². The minimum absolute atomic E-state index is 0.0473. The first-order valence-electron chi connectivity index (χ1n) is 12.0. The van der Waals surface area contributed by atoms with Gasteiger partial charge >= 0.3 is 0 Å². The third kappa shape index (κ3) is 5.55. The summed E-state index contributed by atoms with van der Waals surface area (Å²) in [6.45, 7) is 9.45. The fourth-order valence-electron chi connectivity index (χ4n) is 4.35. The van der Waals surface area contributed by atoms with E-state index in [0.717, 1.165) is 12.2 Å². The standard InChI is InChI=1S/C30H34O3/c1-5-21(2)24-14-16-27(17-15-24)33-23(4)32-19-18-31-22(3)30-28-12-8-6-10-25(28)20-26-11-7-9-13-29(26)30/h6-17,20-23H,5,18-19H2,1-4H3. The molecule has 172 valence electrons. The van der Waals surface area contributed by atoms with Crippen molar-refractivity contribution in [1.29, 1.82) is 0 Å². The molecular weight excluding hydrogens is 408 g/mol. The number of hydrogen-bond acceptors (Lipinski definition) is 3. The van der Waals surface area contributed by atoms with Crippen LogP contribution in [0.15, 0.2) is 78.9 Å². The Morgan fingerprint density at radius 1 is 0.697 bits per heavy atom. The van der Waals surface area contributed by atoms with Gasteiger partial charge in [0.25, 0.3) is 0 Å². The Balaban J connectivity index is 1.34. The third-order valence-corrected chi connectivity index (χ3v) is 6.39. The zero-order chi connectivity index (χ0) is 23.2. The minimum atomic E-state index is -0.336. The Bertz CT molecular complexity index is 1130. The highest BCUT2D eigenvalue weighted by molar-refractivity contribution is 6.02. The van der Waals surface area contributed by atoms with E-state index in [4.69, 9.17) is 14.2 Å². The van der Waals surface area contributed by atoms with Gasteiger partial charge in [-0.2, -0.15) is 0 Å². The van der Waals surface area contributed by atoms with Crippen molar-refractivity contribution in [2.24, 2.45) is 0 Å². The molecule has 0 fully saturated rings. The molecule has 3 nitrogen and oxygen atoms in total. The topological polar surface area (TPSA) is 27.7 Å². The molecule has 0 spiro atoms. The van der Waals surface area contributed by atoms with Crippen LogP contribution in [0, 0.1) is 0 Å². The second-order valence-electron chi connectivity index (χ2n) is 8.68. The summed E-state index contributed by atoms with van der Waals surface area (Å²) >= 11 is 0. The minimum Gasteiger partial charge on any atom is -0.465 e. The van der Waals surface area contributed by atoms with Crippen LogP contribution in [0.25, 0.3) is 21.5 Å². The van der Waals surface area contributed by atoms with E-state index in [1.807, 2.05) is 19.1 Å². The van der Waals surface area contributed by atoms with Gasteiger partial charge < -0.3 is 14.2 Å². The van der Waals surface area contributed by atoms with E-state index in [1.165, 1.54) is 32.7 Å². The van der Waals surface area contributed by atoms with Gasteiger partial charge in [-0.1, -0.05) is 74.5 Å². The van der Waals surface area contributed by atoms with Crippen LogP contribution in [0.1, 0.15) is 57.3 Å². The number of fused-ring (bicyclic) bond motifs is 2. The van der Waals surface area contributed by atoms with Gasteiger partial charge in [0, 0.05) is 0 Å². The number of benzene rings is 4. The highest BCUT2D eigenvalue weighted by Crippen LogP contribution is 2.34.